The Morgan fingerprint density at radius 2 is 1.85 bits per heavy atom. The van der Waals surface area contributed by atoms with Gasteiger partial charge in [-0.15, -0.1) is 0 Å². The molecule has 2 rings (SSSR count). The molecule has 1 atom stereocenters. The van der Waals surface area contributed by atoms with Crippen LogP contribution in [0.25, 0.3) is 0 Å². The number of ether oxygens (including phenoxy) is 1. The number of benzene rings is 1. The second kappa shape index (κ2) is 16.5. The lowest BCUT2D eigenvalue weighted by atomic mass is 9.99. The summed E-state index contributed by atoms with van der Waals surface area (Å²) in [4.78, 5) is 21.3. The Kier molecular flexibility index (Phi) is 14.6. The van der Waals surface area contributed by atoms with Crippen LogP contribution in [-0.2, 0) is 11.2 Å². The molecule has 0 bridgehead atoms. The van der Waals surface area contributed by atoms with Gasteiger partial charge in [-0.3, -0.25) is 4.99 Å². The number of rotatable bonds is 7. The van der Waals surface area contributed by atoms with Gasteiger partial charge in [-0.2, -0.15) is 0 Å². The first-order valence-electron chi connectivity index (χ1n) is 14.0. The van der Waals surface area contributed by atoms with Crippen LogP contribution in [0.3, 0.4) is 0 Å². The van der Waals surface area contributed by atoms with Gasteiger partial charge in [0.1, 0.15) is 11.4 Å². The van der Waals surface area contributed by atoms with E-state index in [1.54, 1.807) is 6.07 Å². The van der Waals surface area contributed by atoms with Crippen LogP contribution in [0.4, 0.5) is 9.18 Å². The molecule has 7 heteroatoms. The molecule has 1 saturated heterocycles. The molecule has 1 aliphatic rings. The van der Waals surface area contributed by atoms with Gasteiger partial charge in [0.25, 0.3) is 0 Å². The highest BCUT2D eigenvalue weighted by Gasteiger charge is 2.31. The summed E-state index contributed by atoms with van der Waals surface area (Å²) in [5.74, 6) is -0.249. The number of carbonyl (C=O) groups excluding carboxylic acids is 1. The molecule has 5 nitrogen and oxygen atoms in total. The first-order valence-corrected chi connectivity index (χ1v) is 14.3. The number of carbonyl (C=O) groups is 1. The summed E-state index contributed by atoms with van der Waals surface area (Å²) >= 11 is 5.65. The number of hydrogen-bond donors (Lipinski definition) is 0. The van der Waals surface area contributed by atoms with Gasteiger partial charge in [0, 0.05) is 53.9 Å². The highest BCUT2D eigenvalue weighted by molar-refractivity contribution is 6.30. The van der Waals surface area contributed by atoms with E-state index >= 15 is 0 Å². The fourth-order valence-corrected chi connectivity index (χ4v) is 4.61. The highest BCUT2D eigenvalue weighted by Crippen LogP contribution is 2.24. The van der Waals surface area contributed by atoms with Crippen molar-refractivity contribution in [1.82, 2.24) is 9.80 Å². The number of amides is 1. The minimum Gasteiger partial charge on any atom is -0.444 e. The van der Waals surface area contributed by atoms with Gasteiger partial charge in [-0.1, -0.05) is 44.0 Å². The molecule has 1 aliphatic heterocycles. The summed E-state index contributed by atoms with van der Waals surface area (Å²) in [5, 5.41) is 0.480. The molecule has 39 heavy (non-hydrogen) atoms. The van der Waals surface area contributed by atoms with Gasteiger partial charge in [-0.05, 0) is 97.6 Å². The molecule has 0 spiro atoms. The van der Waals surface area contributed by atoms with Crippen molar-refractivity contribution in [2.45, 2.75) is 100 Å². The van der Waals surface area contributed by atoms with Crippen molar-refractivity contribution in [3.8, 4) is 0 Å². The van der Waals surface area contributed by atoms with E-state index in [0.29, 0.717) is 11.6 Å². The molecule has 1 aromatic carbocycles. The predicted octanol–water partition coefficient (Wildman–Crippen LogP) is 8.98. The largest absolute Gasteiger partial charge is 0.444 e. The van der Waals surface area contributed by atoms with E-state index in [2.05, 4.69) is 70.5 Å². The van der Waals surface area contributed by atoms with Gasteiger partial charge in [0.15, 0.2) is 0 Å². The first kappa shape index (κ1) is 34.4. The van der Waals surface area contributed by atoms with Crippen molar-refractivity contribution in [1.29, 1.82) is 0 Å². The minimum atomic E-state index is -0.473. The molecular weight excluding hydrogens is 513 g/mol. The Morgan fingerprint density at radius 1 is 1.18 bits per heavy atom. The van der Waals surface area contributed by atoms with E-state index in [9.17, 15) is 9.18 Å². The second-order valence-electron chi connectivity index (χ2n) is 10.9. The summed E-state index contributed by atoms with van der Waals surface area (Å²) in [6.45, 7) is 22.6. The summed E-state index contributed by atoms with van der Waals surface area (Å²) < 4.78 is 18.2. The van der Waals surface area contributed by atoms with E-state index in [1.165, 1.54) is 29.0 Å². The average molecular weight is 562 g/mol. The molecule has 0 N–H and O–H groups in total. The summed E-state index contributed by atoms with van der Waals surface area (Å²) in [7, 11) is 0. The summed E-state index contributed by atoms with van der Waals surface area (Å²) in [5.41, 5.74) is 5.11. The maximum atomic E-state index is 12.7. The van der Waals surface area contributed by atoms with Gasteiger partial charge in [-0.25, -0.2) is 9.18 Å². The zero-order valence-electron chi connectivity index (χ0n) is 25.7. The van der Waals surface area contributed by atoms with Crippen molar-refractivity contribution in [3.05, 3.63) is 69.8 Å². The summed E-state index contributed by atoms with van der Waals surface area (Å²) in [6.07, 6.45) is 8.71. The van der Waals surface area contributed by atoms with Crippen molar-refractivity contribution >= 4 is 23.4 Å². The van der Waals surface area contributed by atoms with E-state index in [4.69, 9.17) is 16.3 Å². The number of aryl methyl sites for hydroxylation is 1. The van der Waals surface area contributed by atoms with Gasteiger partial charge >= 0.3 is 6.09 Å². The lowest BCUT2D eigenvalue weighted by molar-refractivity contribution is 0.00494. The van der Waals surface area contributed by atoms with Crippen LogP contribution >= 0.6 is 11.6 Å². The molecule has 1 heterocycles. The average Bonchev–Trinajstić information content (AvgIpc) is 2.83. The van der Waals surface area contributed by atoms with E-state index in [0.717, 1.165) is 43.6 Å². The third kappa shape index (κ3) is 12.0. The Labute approximate surface area is 241 Å². The molecule has 0 aromatic heterocycles. The van der Waals surface area contributed by atoms with Crippen LogP contribution in [0, 0.1) is 5.82 Å². The number of allylic oxidation sites excluding steroid dienone is 5. The van der Waals surface area contributed by atoms with Crippen molar-refractivity contribution < 1.29 is 13.9 Å². The topological polar surface area (TPSA) is 45.1 Å². The SMILES string of the molecule is CCCc1cc(F)cc(Cl)c1.C\C=C(C)/C(C(/C)=N/C=C/CC)=C(/C)N1CCN(C(=O)OC(C)(C)C)C(C)C1. The fourth-order valence-electron chi connectivity index (χ4n) is 4.37. The monoisotopic (exact) mass is 561 g/mol. The predicted molar refractivity (Wildman–Crippen MR) is 164 cm³/mol. The Hall–Kier alpha value is -2.60. The van der Waals surface area contributed by atoms with Crippen LogP contribution in [0.5, 0.6) is 0 Å². The number of halogens is 2. The quantitative estimate of drug-likeness (QED) is 0.246. The zero-order chi connectivity index (χ0) is 29.8. The molecular formula is C32H49ClFN3O2. The van der Waals surface area contributed by atoms with E-state index < -0.39 is 5.60 Å². The maximum absolute atomic E-state index is 12.7. The van der Waals surface area contributed by atoms with E-state index in [1.807, 2.05) is 31.9 Å². The van der Waals surface area contributed by atoms with Gasteiger partial charge in [0.2, 0.25) is 0 Å². The highest BCUT2D eigenvalue weighted by atomic mass is 35.5. The van der Waals surface area contributed by atoms with Crippen LogP contribution in [0.2, 0.25) is 5.02 Å². The third-order valence-electron chi connectivity index (χ3n) is 6.35. The molecule has 1 amide bonds. The maximum Gasteiger partial charge on any atom is 0.410 e. The van der Waals surface area contributed by atoms with Crippen LogP contribution in [0.15, 0.2) is 58.4 Å². The fraction of sp³-hybridized carbons (Fsp3) is 0.562. The van der Waals surface area contributed by atoms with Gasteiger partial charge in [0.05, 0.1) is 0 Å². The minimum absolute atomic E-state index is 0.0861. The Morgan fingerprint density at radius 3 is 2.36 bits per heavy atom. The van der Waals surface area contributed by atoms with Crippen molar-refractivity contribution in [2.75, 3.05) is 19.6 Å². The number of nitrogens with zero attached hydrogens (tertiary/aromatic N) is 3. The van der Waals surface area contributed by atoms with Gasteiger partial charge < -0.3 is 14.5 Å². The lowest BCUT2D eigenvalue weighted by Gasteiger charge is -2.42. The molecule has 0 aliphatic carbocycles. The number of aliphatic imine (C=N–C) groups is 1. The normalized spacial score (nSPS) is 17.6. The Bertz CT molecular complexity index is 1050. The molecule has 0 saturated carbocycles. The standard InChI is InChI=1S/C23H39N3O2.C9H10ClF/c1-10-12-13-24-19(5)21(17(3)11-2)20(6)25-14-15-26(18(4)16-25)22(27)28-23(7,8)9;1-2-3-7-4-8(10)6-9(11)5-7/h11-13,18H,10,14-16H2,1-9H3;4-6H,2-3H2,1H3/b13-12+,17-11-,21-20+,24-19+;. The lowest BCUT2D eigenvalue weighted by Crippen LogP contribution is -2.54. The van der Waals surface area contributed by atoms with Crippen LogP contribution in [0.1, 0.15) is 87.6 Å². The second-order valence-corrected chi connectivity index (χ2v) is 11.4. The molecule has 1 unspecified atom stereocenters. The molecule has 218 valence electrons. The molecule has 0 radical (unpaired) electrons. The van der Waals surface area contributed by atoms with Crippen molar-refractivity contribution in [3.63, 3.8) is 0 Å². The number of piperazine rings is 1. The molecule has 1 aromatic rings. The smallest absolute Gasteiger partial charge is 0.410 e. The number of hydrogen-bond acceptors (Lipinski definition) is 4. The Balaban J connectivity index is 0.000000573. The third-order valence-corrected chi connectivity index (χ3v) is 6.57. The van der Waals surface area contributed by atoms with E-state index in [-0.39, 0.29) is 18.0 Å². The first-order chi connectivity index (χ1) is 18.2. The van der Waals surface area contributed by atoms with Crippen molar-refractivity contribution in [2.24, 2.45) is 4.99 Å². The van der Waals surface area contributed by atoms with Crippen LogP contribution < -0.4 is 0 Å². The van der Waals surface area contributed by atoms with Crippen LogP contribution in [-0.4, -0.2) is 52.9 Å². The summed E-state index contributed by atoms with van der Waals surface area (Å²) in [6, 6.07) is 4.73. The zero-order valence-corrected chi connectivity index (χ0v) is 26.5. The molecule has 1 fully saturated rings.